The van der Waals surface area contributed by atoms with E-state index >= 15 is 0 Å². The average molecular weight is 600 g/mol. The lowest BCUT2D eigenvalue weighted by Gasteiger charge is -2.16. The summed E-state index contributed by atoms with van der Waals surface area (Å²) < 4.78 is 5.20. The van der Waals surface area contributed by atoms with E-state index in [1.165, 1.54) is 103 Å². The summed E-state index contributed by atoms with van der Waals surface area (Å²) in [6, 6.07) is 56.3. The van der Waals surface area contributed by atoms with Crippen molar-refractivity contribution in [3.8, 4) is 39.1 Å². The standard InChI is InChI=1S/C44H25NS/c1-2-12-28-27(11-1)34-16-9-17-35-30(20-21-36(28)42(34)35)29-24-25-40(31-13-4-3-10-26(29)31)45-39-18-7-5-14-32(39)37-22-23-38-33-15-6-8-19-41(33)46-44(38)43(37)45/h1-25H. The van der Waals surface area contributed by atoms with Crippen molar-refractivity contribution in [2.75, 3.05) is 0 Å². The molecule has 0 aliphatic heterocycles. The highest BCUT2D eigenvalue weighted by Crippen LogP contribution is 2.50. The van der Waals surface area contributed by atoms with Gasteiger partial charge in [0.15, 0.2) is 0 Å². The van der Waals surface area contributed by atoms with Gasteiger partial charge in [-0.1, -0.05) is 133 Å². The Morgan fingerprint density at radius 3 is 1.80 bits per heavy atom. The Labute approximate surface area is 269 Å². The number of thiophene rings is 1. The van der Waals surface area contributed by atoms with Gasteiger partial charge in [0.2, 0.25) is 0 Å². The molecule has 1 nitrogen and oxygen atoms in total. The van der Waals surface area contributed by atoms with E-state index in [1.807, 2.05) is 11.3 Å². The van der Waals surface area contributed by atoms with E-state index in [-0.39, 0.29) is 0 Å². The van der Waals surface area contributed by atoms with Gasteiger partial charge in [-0.3, -0.25) is 0 Å². The van der Waals surface area contributed by atoms with E-state index in [9.17, 15) is 0 Å². The van der Waals surface area contributed by atoms with Crippen LogP contribution >= 0.6 is 11.3 Å². The maximum absolute atomic E-state index is 2.53. The summed E-state index contributed by atoms with van der Waals surface area (Å²) >= 11 is 1.90. The number of hydrogen-bond acceptors (Lipinski definition) is 1. The SMILES string of the molecule is c1ccc2c(c1)-c1cccc3c(-c4ccc(-n5c6ccccc6c6ccc7c8ccccc8sc7c65)c5ccccc45)ccc-2c13. The van der Waals surface area contributed by atoms with E-state index in [1.54, 1.807) is 0 Å². The smallest absolute Gasteiger partial charge is 0.0720 e. The molecule has 46 heavy (non-hydrogen) atoms. The second kappa shape index (κ2) is 8.94. The molecule has 212 valence electrons. The minimum Gasteiger partial charge on any atom is -0.307 e. The fourth-order valence-electron chi connectivity index (χ4n) is 8.24. The Kier molecular flexibility index (Phi) is 4.78. The number of rotatable bonds is 2. The molecule has 2 heterocycles. The van der Waals surface area contributed by atoms with Crippen LogP contribution in [0.5, 0.6) is 0 Å². The van der Waals surface area contributed by atoms with Crippen molar-refractivity contribution in [1.29, 1.82) is 0 Å². The summed E-state index contributed by atoms with van der Waals surface area (Å²) in [5.41, 5.74) is 11.6. The average Bonchev–Trinajstić information content (AvgIpc) is 3.77. The molecule has 0 fully saturated rings. The van der Waals surface area contributed by atoms with Crippen LogP contribution in [0, 0.1) is 0 Å². The molecule has 0 saturated heterocycles. The first kappa shape index (κ1) is 24.6. The summed E-state index contributed by atoms with van der Waals surface area (Å²) in [5.74, 6) is 0. The van der Waals surface area contributed by atoms with Gasteiger partial charge in [-0.25, -0.2) is 0 Å². The fraction of sp³-hybridized carbons (Fsp3) is 0. The van der Waals surface area contributed by atoms with E-state index in [0.717, 1.165) is 0 Å². The summed E-state index contributed by atoms with van der Waals surface area (Å²) in [5, 5.41) is 10.4. The Morgan fingerprint density at radius 1 is 0.348 bits per heavy atom. The van der Waals surface area contributed by atoms with Gasteiger partial charge in [0.05, 0.1) is 21.4 Å². The van der Waals surface area contributed by atoms with Crippen molar-refractivity contribution in [2.24, 2.45) is 0 Å². The molecule has 1 aliphatic rings. The third-order valence-electron chi connectivity index (χ3n) is 10.2. The molecule has 2 heteroatoms. The van der Waals surface area contributed by atoms with Crippen molar-refractivity contribution in [1.82, 2.24) is 4.57 Å². The largest absolute Gasteiger partial charge is 0.307 e. The Balaban J connectivity index is 1.23. The Bertz CT molecular complexity index is 2890. The van der Waals surface area contributed by atoms with E-state index < -0.39 is 0 Å². The highest BCUT2D eigenvalue weighted by Gasteiger charge is 2.24. The molecule has 0 unspecified atom stereocenters. The van der Waals surface area contributed by atoms with Crippen molar-refractivity contribution in [3.63, 3.8) is 0 Å². The summed E-state index contributed by atoms with van der Waals surface area (Å²) in [7, 11) is 0. The first-order valence-corrected chi connectivity index (χ1v) is 16.7. The van der Waals surface area contributed by atoms with E-state index in [2.05, 4.69) is 156 Å². The van der Waals surface area contributed by atoms with Gasteiger partial charge in [-0.2, -0.15) is 0 Å². The van der Waals surface area contributed by atoms with Gasteiger partial charge in [0.1, 0.15) is 0 Å². The Hall–Kier alpha value is -5.70. The lowest BCUT2D eigenvalue weighted by Crippen LogP contribution is -1.96. The van der Waals surface area contributed by atoms with E-state index in [0.29, 0.717) is 0 Å². The van der Waals surface area contributed by atoms with Crippen LogP contribution in [0.4, 0.5) is 0 Å². The van der Waals surface area contributed by atoms with Gasteiger partial charge in [-0.05, 0) is 67.7 Å². The number of para-hydroxylation sites is 1. The van der Waals surface area contributed by atoms with Crippen LogP contribution in [-0.4, -0.2) is 4.57 Å². The molecule has 0 N–H and O–H groups in total. The number of fused-ring (bicyclic) bond motifs is 11. The summed E-state index contributed by atoms with van der Waals surface area (Å²) in [4.78, 5) is 0. The number of aromatic nitrogens is 1. The lowest BCUT2D eigenvalue weighted by atomic mass is 9.91. The molecular weight excluding hydrogens is 575 g/mol. The maximum Gasteiger partial charge on any atom is 0.0720 e. The third kappa shape index (κ3) is 3.09. The van der Waals surface area contributed by atoms with E-state index in [4.69, 9.17) is 0 Å². The maximum atomic E-state index is 2.53. The number of nitrogens with zero attached hydrogens (tertiary/aromatic N) is 1. The van der Waals surface area contributed by atoms with Gasteiger partial charge in [0, 0.05) is 31.6 Å². The van der Waals surface area contributed by atoms with Crippen molar-refractivity contribution < 1.29 is 0 Å². The highest BCUT2D eigenvalue weighted by molar-refractivity contribution is 7.26. The topological polar surface area (TPSA) is 4.93 Å². The monoisotopic (exact) mass is 599 g/mol. The van der Waals surface area contributed by atoms with Crippen molar-refractivity contribution in [2.45, 2.75) is 0 Å². The first-order valence-electron chi connectivity index (χ1n) is 15.9. The fourth-order valence-corrected chi connectivity index (χ4v) is 9.48. The van der Waals surface area contributed by atoms with Crippen LogP contribution in [0.2, 0.25) is 0 Å². The van der Waals surface area contributed by atoms with Gasteiger partial charge >= 0.3 is 0 Å². The van der Waals surface area contributed by atoms with Crippen molar-refractivity contribution >= 4 is 74.9 Å². The van der Waals surface area contributed by atoms with Crippen LogP contribution in [0.3, 0.4) is 0 Å². The van der Waals surface area contributed by atoms with Gasteiger partial charge < -0.3 is 4.57 Å². The second-order valence-electron chi connectivity index (χ2n) is 12.4. The summed E-state index contributed by atoms with van der Waals surface area (Å²) in [6.45, 7) is 0. The van der Waals surface area contributed by atoms with Crippen LogP contribution < -0.4 is 0 Å². The zero-order valence-electron chi connectivity index (χ0n) is 24.8. The number of hydrogen-bond donors (Lipinski definition) is 0. The third-order valence-corrected chi connectivity index (χ3v) is 11.4. The molecule has 8 aromatic carbocycles. The summed E-state index contributed by atoms with van der Waals surface area (Å²) in [6.07, 6.45) is 0. The molecule has 0 saturated carbocycles. The normalized spacial score (nSPS) is 12.3. The van der Waals surface area contributed by atoms with Crippen LogP contribution in [0.15, 0.2) is 152 Å². The van der Waals surface area contributed by atoms with Gasteiger partial charge in [0.25, 0.3) is 0 Å². The molecule has 0 bridgehead atoms. The van der Waals surface area contributed by atoms with Crippen molar-refractivity contribution in [3.05, 3.63) is 152 Å². The molecule has 0 atom stereocenters. The predicted molar refractivity (Wildman–Crippen MR) is 199 cm³/mol. The second-order valence-corrected chi connectivity index (χ2v) is 13.5. The molecule has 2 aromatic heterocycles. The lowest BCUT2D eigenvalue weighted by molar-refractivity contribution is 1.21. The van der Waals surface area contributed by atoms with Gasteiger partial charge in [-0.15, -0.1) is 11.3 Å². The van der Waals surface area contributed by atoms with Crippen LogP contribution in [0.1, 0.15) is 0 Å². The molecule has 0 radical (unpaired) electrons. The molecular formula is C44H25NS. The molecule has 0 amide bonds. The highest BCUT2D eigenvalue weighted by atomic mass is 32.1. The number of benzene rings is 8. The molecule has 0 spiro atoms. The van der Waals surface area contributed by atoms with Crippen LogP contribution in [0.25, 0.3) is 103 Å². The molecule has 11 rings (SSSR count). The zero-order valence-corrected chi connectivity index (χ0v) is 25.6. The minimum absolute atomic E-state index is 1.22. The molecule has 1 aliphatic carbocycles. The first-order chi connectivity index (χ1) is 22.8. The van der Waals surface area contributed by atoms with Crippen LogP contribution in [-0.2, 0) is 0 Å². The minimum atomic E-state index is 1.22. The Morgan fingerprint density at radius 2 is 0.935 bits per heavy atom. The quantitative estimate of drug-likeness (QED) is 0.186. The predicted octanol–water partition coefficient (Wildman–Crippen LogP) is 12.8. The zero-order chi connectivity index (χ0) is 29.9. The molecule has 10 aromatic rings.